The number of hydrogen-bond donors (Lipinski definition) is 3. The molecule has 0 aliphatic rings. The Labute approximate surface area is 191 Å². The Morgan fingerprint density at radius 1 is 1.09 bits per heavy atom. The Bertz CT molecular complexity index is 842. The fraction of sp³-hybridized carbons (Fsp3) is 0.652. The topological polar surface area (TPSA) is 128 Å². The van der Waals surface area contributed by atoms with Crippen LogP contribution in [0.15, 0.2) is 24.3 Å². The molecule has 0 aromatic heterocycles. The molecule has 4 N–H and O–H groups in total. The number of esters is 1. The minimum Gasteiger partial charge on any atom is -0.459 e. The van der Waals surface area contributed by atoms with E-state index in [1.165, 1.54) is 0 Å². The molecule has 1 rings (SSSR count). The summed E-state index contributed by atoms with van der Waals surface area (Å²) in [5.41, 5.74) is 5.84. The molecule has 0 aliphatic carbocycles. The summed E-state index contributed by atoms with van der Waals surface area (Å²) < 4.78 is 23.8. The third-order valence-electron chi connectivity index (χ3n) is 4.47. The van der Waals surface area contributed by atoms with Gasteiger partial charge in [-0.25, -0.2) is 4.79 Å². The van der Waals surface area contributed by atoms with Crippen LogP contribution in [0, 0.1) is 5.92 Å². The molecule has 3 atom stereocenters. The Balaban J connectivity index is 3.16. The van der Waals surface area contributed by atoms with E-state index in [-0.39, 0.29) is 18.6 Å². The van der Waals surface area contributed by atoms with Gasteiger partial charge in [0.2, 0.25) is 7.37 Å². The largest absolute Gasteiger partial charge is 0.459 e. The normalized spacial score (nSPS) is 16.1. The molecule has 182 valence electrons. The van der Waals surface area contributed by atoms with Crippen molar-refractivity contribution in [2.45, 2.75) is 84.8 Å². The van der Waals surface area contributed by atoms with Gasteiger partial charge in [0.25, 0.3) is 0 Å². The molecule has 0 saturated carbocycles. The number of amides is 1. The number of benzene rings is 1. The van der Waals surface area contributed by atoms with E-state index in [0.717, 1.165) is 0 Å². The van der Waals surface area contributed by atoms with E-state index in [1.54, 1.807) is 79.7 Å². The minimum atomic E-state index is -3.86. The van der Waals surface area contributed by atoms with Crippen molar-refractivity contribution >= 4 is 19.4 Å². The first kappa shape index (κ1) is 28.1. The molecule has 8 nitrogen and oxygen atoms in total. The van der Waals surface area contributed by atoms with E-state index in [2.05, 4.69) is 5.32 Å². The third kappa shape index (κ3) is 9.72. The van der Waals surface area contributed by atoms with E-state index in [0.29, 0.717) is 11.1 Å². The highest BCUT2D eigenvalue weighted by atomic mass is 31.2. The Morgan fingerprint density at radius 3 is 2.16 bits per heavy atom. The lowest BCUT2D eigenvalue weighted by molar-refractivity contribution is -0.156. The van der Waals surface area contributed by atoms with E-state index in [1.807, 2.05) is 0 Å². The van der Waals surface area contributed by atoms with E-state index < -0.39 is 42.3 Å². The van der Waals surface area contributed by atoms with Gasteiger partial charge >= 0.3 is 12.1 Å². The van der Waals surface area contributed by atoms with Crippen LogP contribution in [0.25, 0.3) is 0 Å². The summed E-state index contributed by atoms with van der Waals surface area (Å²) in [5, 5.41) is 2.67. The van der Waals surface area contributed by atoms with E-state index >= 15 is 0 Å². The second kappa shape index (κ2) is 10.8. The lowest BCUT2D eigenvalue weighted by Gasteiger charge is -2.28. The number of nitrogens with one attached hydrogen (secondary N) is 1. The first-order chi connectivity index (χ1) is 14.4. The molecule has 1 aromatic rings. The van der Waals surface area contributed by atoms with E-state index in [4.69, 9.17) is 15.2 Å². The van der Waals surface area contributed by atoms with Crippen molar-refractivity contribution in [3.8, 4) is 0 Å². The Kier molecular flexibility index (Phi) is 9.51. The van der Waals surface area contributed by atoms with Crippen molar-refractivity contribution in [3.63, 3.8) is 0 Å². The highest BCUT2D eigenvalue weighted by Gasteiger charge is 2.38. The van der Waals surface area contributed by atoms with Crippen LogP contribution < -0.4 is 11.1 Å². The van der Waals surface area contributed by atoms with Crippen LogP contribution in [0.2, 0.25) is 0 Å². The molecule has 32 heavy (non-hydrogen) atoms. The molecule has 1 aromatic carbocycles. The van der Waals surface area contributed by atoms with Crippen molar-refractivity contribution in [2.75, 3.05) is 6.16 Å². The van der Waals surface area contributed by atoms with Crippen molar-refractivity contribution in [2.24, 2.45) is 11.7 Å². The van der Waals surface area contributed by atoms with Gasteiger partial charge in [0.1, 0.15) is 11.2 Å². The Hall–Kier alpha value is -1.89. The van der Waals surface area contributed by atoms with Gasteiger partial charge in [-0.2, -0.15) is 0 Å². The van der Waals surface area contributed by atoms with Crippen molar-refractivity contribution in [1.82, 2.24) is 5.32 Å². The number of rotatable bonds is 8. The number of hydrogen-bond acceptors (Lipinski definition) is 6. The smallest absolute Gasteiger partial charge is 0.407 e. The van der Waals surface area contributed by atoms with Crippen LogP contribution in [0.3, 0.4) is 0 Å². The second-order valence-corrected chi connectivity index (χ2v) is 12.8. The van der Waals surface area contributed by atoms with Crippen LogP contribution in [-0.4, -0.2) is 40.1 Å². The molecule has 9 heteroatoms. The van der Waals surface area contributed by atoms with Gasteiger partial charge in [-0.1, -0.05) is 38.1 Å². The predicted octanol–water partition coefficient (Wildman–Crippen LogP) is 4.35. The summed E-state index contributed by atoms with van der Waals surface area (Å²) in [5.74, 6) is -2.75. The second-order valence-electron chi connectivity index (χ2n) is 10.4. The van der Waals surface area contributed by atoms with Crippen LogP contribution >= 0.6 is 7.37 Å². The lowest BCUT2D eigenvalue weighted by atomic mass is 9.98. The molecule has 3 unspecified atom stereocenters. The zero-order valence-electron chi connectivity index (χ0n) is 20.5. The lowest BCUT2D eigenvalue weighted by Crippen LogP contribution is -2.33. The molecule has 1 amide bonds. The summed E-state index contributed by atoms with van der Waals surface area (Å²) in [6, 6.07) is 6.92. The first-order valence-corrected chi connectivity index (χ1v) is 12.7. The monoisotopic (exact) mass is 470 g/mol. The third-order valence-corrected chi connectivity index (χ3v) is 6.89. The highest BCUT2D eigenvalue weighted by Crippen LogP contribution is 2.50. The summed E-state index contributed by atoms with van der Waals surface area (Å²) in [7, 11) is -3.86. The fourth-order valence-corrected chi connectivity index (χ4v) is 5.00. The molecule has 0 fully saturated rings. The highest BCUT2D eigenvalue weighted by molar-refractivity contribution is 7.58. The van der Waals surface area contributed by atoms with Crippen LogP contribution in [0.4, 0.5) is 4.79 Å². The van der Waals surface area contributed by atoms with Gasteiger partial charge in [0.05, 0.1) is 11.7 Å². The molecular weight excluding hydrogens is 431 g/mol. The van der Waals surface area contributed by atoms with Crippen molar-refractivity contribution < 1.29 is 28.5 Å². The zero-order valence-corrected chi connectivity index (χ0v) is 21.4. The van der Waals surface area contributed by atoms with Gasteiger partial charge in [-0.3, -0.25) is 9.36 Å². The van der Waals surface area contributed by atoms with Gasteiger partial charge in [-0.15, -0.1) is 0 Å². The molecule has 0 bridgehead atoms. The average Bonchev–Trinajstić information content (AvgIpc) is 2.61. The minimum absolute atomic E-state index is 0.173. The van der Waals surface area contributed by atoms with Crippen LogP contribution in [0.1, 0.15) is 72.4 Å². The van der Waals surface area contributed by atoms with Gasteiger partial charge in [0.15, 0.2) is 0 Å². The standard InChI is InChI=1S/C23H39N2O6P/c1-15(2)19(24)32(28,29)14-18(20(26)30-22(3,4)5)17-11-9-10-16(12-17)13-25-21(27)31-23(6,7)8/h9-12,15,18-19H,13-14,24H2,1-8H3,(H,25,27)(H,28,29). The maximum absolute atomic E-state index is 13.0. The fourth-order valence-electron chi connectivity index (χ4n) is 2.95. The summed E-state index contributed by atoms with van der Waals surface area (Å²) in [6.45, 7) is 14.2. The molecule has 0 radical (unpaired) electrons. The summed E-state index contributed by atoms with van der Waals surface area (Å²) in [4.78, 5) is 35.6. The maximum atomic E-state index is 13.0. The SMILES string of the molecule is CC(C)C(N)P(=O)(O)CC(C(=O)OC(C)(C)C)c1cccc(CNC(=O)OC(C)(C)C)c1. The zero-order chi connectivity index (χ0) is 24.9. The average molecular weight is 471 g/mol. The Morgan fingerprint density at radius 2 is 1.66 bits per heavy atom. The molecule has 0 aliphatic heterocycles. The summed E-state index contributed by atoms with van der Waals surface area (Å²) >= 11 is 0. The van der Waals surface area contributed by atoms with Gasteiger partial charge < -0.3 is 25.4 Å². The van der Waals surface area contributed by atoms with Crippen LogP contribution in [-0.2, 0) is 25.4 Å². The first-order valence-electron chi connectivity index (χ1n) is 10.8. The summed E-state index contributed by atoms with van der Waals surface area (Å²) in [6.07, 6.45) is -0.890. The molecule has 0 heterocycles. The number of ether oxygens (including phenoxy) is 2. The van der Waals surface area contributed by atoms with Gasteiger partial charge in [-0.05, 0) is 58.6 Å². The van der Waals surface area contributed by atoms with E-state index in [9.17, 15) is 19.0 Å². The number of carbonyl (C=O) groups is 2. The number of carbonyl (C=O) groups excluding carboxylic acids is 2. The van der Waals surface area contributed by atoms with Crippen molar-refractivity contribution in [1.29, 1.82) is 0 Å². The van der Waals surface area contributed by atoms with Crippen LogP contribution in [0.5, 0.6) is 0 Å². The quantitative estimate of drug-likeness (QED) is 0.381. The molecule has 0 spiro atoms. The molecular formula is C23H39N2O6P. The van der Waals surface area contributed by atoms with Crippen molar-refractivity contribution in [3.05, 3.63) is 35.4 Å². The number of alkyl carbamates (subject to hydrolysis) is 1. The number of nitrogens with two attached hydrogens (primary N) is 1. The predicted molar refractivity (Wildman–Crippen MR) is 126 cm³/mol. The maximum Gasteiger partial charge on any atom is 0.407 e. The van der Waals surface area contributed by atoms with Gasteiger partial charge in [0, 0.05) is 12.7 Å². The molecule has 0 saturated heterocycles.